The number of nitrogens with zero attached hydrogens (tertiary/aromatic N) is 1. The molecule has 6 heteroatoms. The maximum Gasteiger partial charge on any atom is 0.325 e. The number of ether oxygens (including phenoxy) is 1. The van der Waals surface area contributed by atoms with Gasteiger partial charge in [0.05, 0.1) is 5.52 Å². The van der Waals surface area contributed by atoms with Gasteiger partial charge in [-0.1, -0.05) is 48.5 Å². The quantitative estimate of drug-likeness (QED) is 0.706. The van der Waals surface area contributed by atoms with E-state index in [1.165, 1.54) is 0 Å². The third-order valence-electron chi connectivity index (χ3n) is 3.32. The minimum absolute atomic E-state index is 0.181. The second-order valence-corrected chi connectivity index (χ2v) is 4.95. The smallest absolute Gasteiger partial charge is 0.325 e. The first-order chi connectivity index (χ1) is 11.2. The highest BCUT2D eigenvalue weighted by molar-refractivity contribution is 6.05. The average molecular weight is 309 g/mol. The van der Waals surface area contributed by atoms with Gasteiger partial charge >= 0.3 is 5.97 Å². The molecule has 116 valence electrons. The van der Waals surface area contributed by atoms with Gasteiger partial charge in [0.25, 0.3) is 5.91 Å². The van der Waals surface area contributed by atoms with Gasteiger partial charge in [-0.15, -0.1) is 0 Å². The molecule has 0 saturated heterocycles. The zero-order chi connectivity index (χ0) is 16.1. The fraction of sp³-hybridized carbons (Fsp3) is 0.118. The van der Waals surface area contributed by atoms with Crippen LogP contribution in [0.25, 0.3) is 10.9 Å². The molecule has 1 heterocycles. The normalized spacial score (nSPS) is 10.4. The number of carbonyl (C=O) groups excluding carboxylic acids is 2. The molecular formula is C17H15N3O3. The van der Waals surface area contributed by atoms with Gasteiger partial charge in [-0.05, 0) is 11.6 Å². The summed E-state index contributed by atoms with van der Waals surface area (Å²) in [6.45, 7) is -0.0201. The van der Waals surface area contributed by atoms with E-state index in [1.54, 1.807) is 6.07 Å². The van der Waals surface area contributed by atoms with Crippen LogP contribution < -0.4 is 5.32 Å². The number of hydrogen-bond donors (Lipinski definition) is 2. The van der Waals surface area contributed by atoms with Crippen molar-refractivity contribution in [3.8, 4) is 0 Å². The third-order valence-corrected chi connectivity index (χ3v) is 3.32. The van der Waals surface area contributed by atoms with Gasteiger partial charge in [-0.25, -0.2) is 0 Å². The van der Waals surface area contributed by atoms with Crippen molar-refractivity contribution in [3.63, 3.8) is 0 Å². The molecule has 2 N–H and O–H groups in total. The van der Waals surface area contributed by atoms with Crippen molar-refractivity contribution >= 4 is 22.8 Å². The number of aromatic amines is 1. The first kappa shape index (κ1) is 14.8. The number of amides is 1. The summed E-state index contributed by atoms with van der Waals surface area (Å²) < 4.78 is 5.10. The van der Waals surface area contributed by atoms with Gasteiger partial charge in [0.1, 0.15) is 13.2 Å². The number of para-hydroxylation sites is 1. The first-order valence-corrected chi connectivity index (χ1v) is 7.15. The van der Waals surface area contributed by atoms with Crippen LogP contribution in [0.2, 0.25) is 0 Å². The lowest BCUT2D eigenvalue weighted by Crippen LogP contribution is -2.30. The van der Waals surface area contributed by atoms with Crippen molar-refractivity contribution in [1.29, 1.82) is 0 Å². The molecule has 1 amide bonds. The van der Waals surface area contributed by atoms with Gasteiger partial charge in [0.15, 0.2) is 5.69 Å². The summed E-state index contributed by atoms with van der Waals surface area (Å²) in [7, 11) is 0. The van der Waals surface area contributed by atoms with E-state index in [1.807, 2.05) is 48.5 Å². The van der Waals surface area contributed by atoms with Crippen LogP contribution in [0.3, 0.4) is 0 Å². The summed E-state index contributed by atoms with van der Waals surface area (Å²) in [5, 5.41) is 9.98. The van der Waals surface area contributed by atoms with Crippen LogP contribution in [0.1, 0.15) is 16.1 Å². The van der Waals surface area contributed by atoms with Crippen LogP contribution in [0.4, 0.5) is 0 Å². The van der Waals surface area contributed by atoms with Crippen LogP contribution in [0.5, 0.6) is 0 Å². The summed E-state index contributed by atoms with van der Waals surface area (Å²) in [5.74, 6) is -0.916. The number of H-pyrrole nitrogens is 1. The molecule has 0 unspecified atom stereocenters. The molecule has 0 radical (unpaired) electrons. The molecule has 0 bridgehead atoms. The van der Waals surface area contributed by atoms with E-state index >= 15 is 0 Å². The molecule has 6 nitrogen and oxygen atoms in total. The fourth-order valence-electron chi connectivity index (χ4n) is 2.16. The predicted molar refractivity (Wildman–Crippen MR) is 84.7 cm³/mol. The zero-order valence-electron chi connectivity index (χ0n) is 12.3. The Morgan fingerprint density at radius 2 is 1.78 bits per heavy atom. The van der Waals surface area contributed by atoms with E-state index in [9.17, 15) is 9.59 Å². The maximum absolute atomic E-state index is 12.1. The molecule has 0 aliphatic heterocycles. The Labute approximate surface area is 132 Å². The molecule has 0 atom stereocenters. The fourth-order valence-corrected chi connectivity index (χ4v) is 2.16. The molecule has 0 fully saturated rings. The number of benzene rings is 2. The van der Waals surface area contributed by atoms with Crippen LogP contribution in [-0.4, -0.2) is 28.6 Å². The van der Waals surface area contributed by atoms with Gasteiger partial charge in [0, 0.05) is 5.39 Å². The Balaban J connectivity index is 1.53. The number of carbonyl (C=O) groups is 2. The Hall–Kier alpha value is -3.15. The summed E-state index contributed by atoms with van der Waals surface area (Å²) >= 11 is 0. The molecule has 3 rings (SSSR count). The van der Waals surface area contributed by atoms with Crippen molar-refractivity contribution in [2.75, 3.05) is 6.54 Å². The van der Waals surface area contributed by atoms with E-state index in [0.717, 1.165) is 11.1 Å². The van der Waals surface area contributed by atoms with E-state index < -0.39 is 11.9 Å². The van der Waals surface area contributed by atoms with Gasteiger partial charge in [-0.2, -0.15) is 5.10 Å². The molecule has 0 saturated carbocycles. The second-order valence-electron chi connectivity index (χ2n) is 4.95. The SMILES string of the molecule is O=C(CNC(=O)c1n[nH]c2ccccc12)OCc1ccccc1. The van der Waals surface area contributed by atoms with Crippen LogP contribution in [-0.2, 0) is 16.1 Å². The van der Waals surface area contributed by atoms with Crippen LogP contribution >= 0.6 is 0 Å². The highest BCUT2D eigenvalue weighted by Crippen LogP contribution is 2.14. The van der Waals surface area contributed by atoms with Crippen molar-refractivity contribution < 1.29 is 14.3 Å². The summed E-state index contributed by atoms with van der Waals surface area (Å²) in [5.41, 5.74) is 1.92. The lowest BCUT2D eigenvalue weighted by atomic mass is 10.2. The Kier molecular flexibility index (Phi) is 4.33. The van der Waals surface area contributed by atoms with Crippen molar-refractivity contribution in [2.45, 2.75) is 6.61 Å². The molecule has 0 spiro atoms. The molecule has 2 aromatic carbocycles. The maximum atomic E-state index is 12.1. The van der Waals surface area contributed by atoms with Crippen LogP contribution in [0, 0.1) is 0 Å². The second kappa shape index (κ2) is 6.74. The molecule has 1 aromatic heterocycles. The number of nitrogens with one attached hydrogen (secondary N) is 2. The predicted octanol–water partition coefficient (Wildman–Crippen LogP) is 2.04. The van der Waals surface area contributed by atoms with Gasteiger partial charge < -0.3 is 10.1 Å². The lowest BCUT2D eigenvalue weighted by molar-refractivity contribution is -0.143. The van der Waals surface area contributed by atoms with Gasteiger partial charge in [0.2, 0.25) is 0 Å². The minimum Gasteiger partial charge on any atom is -0.460 e. The highest BCUT2D eigenvalue weighted by atomic mass is 16.5. The number of fused-ring (bicyclic) bond motifs is 1. The molecule has 0 aliphatic rings. The summed E-state index contributed by atoms with van der Waals surface area (Å²) in [4.78, 5) is 23.8. The first-order valence-electron chi connectivity index (χ1n) is 7.15. The Morgan fingerprint density at radius 1 is 1.04 bits per heavy atom. The Bertz CT molecular complexity index is 827. The molecule has 23 heavy (non-hydrogen) atoms. The van der Waals surface area contributed by atoms with Crippen molar-refractivity contribution in [1.82, 2.24) is 15.5 Å². The highest BCUT2D eigenvalue weighted by Gasteiger charge is 2.15. The molecule has 3 aromatic rings. The number of rotatable bonds is 5. The number of hydrogen-bond acceptors (Lipinski definition) is 4. The van der Waals surface area contributed by atoms with Crippen molar-refractivity contribution in [3.05, 3.63) is 65.9 Å². The van der Waals surface area contributed by atoms with E-state index in [0.29, 0.717) is 5.39 Å². The summed E-state index contributed by atoms with van der Waals surface area (Å²) in [6, 6.07) is 16.6. The monoisotopic (exact) mass is 309 g/mol. The van der Waals surface area contributed by atoms with Crippen molar-refractivity contribution in [2.24, 2.45) is 0 Å². The summed E-state index contributed by atoms with van der Waals surface area (Å²) in [6.07, 6.45) is 0. The molecule has 0 aliphatic carbocycles. The Morgan fingerprint density at radius 3 is 2.61 bits per heavy atom. The largest absolute Gasteiger partial charge is 0.460 e. The zero-order valence-corrected chi connectivity index (χ0v) is 12.3. The van der Waals surface area contributed by atoms with Crippen LogP contribution in [0.15, 0.2) is 54.6 Å². The number of aromatic nitrogens is 2. The average Bonchev–Trinajstić information content (AvgIpc) is 3.03. The van der Waals surface area contributed by atoms with E-state index in [2.05, 4.69) is 15.5 Å². The van der Waals surface area contributed by atoms with E-state index in [-0.39, 0.29) is 18.8 Å². The standard InChI is InChI=1S/C17H15N3O3/c21-15(23-11-12-6-2-1-3-7-12)10-18-17(22)16-13-8-4-5-9-14(13)19-20-16/h1-9H,10-11H2,(H,18,22)(H,19,20). The third kappa shape index (κ3) is 3.55. The van der Waals surface area contributed by atoms with E-state index in [4.69, 9.17) is 4.74 Å². The topological polar surface area (TPSA) is 84.1 Å². The number of esters is 1. The van der Waals surface area contributed by atoms with Gasteiger partial charge in [-0.3, -0.25) is 14.7 Å². The lowest BCUT2D eigenvalue weighted by Gasteiger charge is -2.06. The minimum atomic E-state index is -0.498. The molecular weight excluding hydrogens is 294 g/mol.